The van der Waals surface area contributed by atoms with Gasteiger partial charge in [0.1, 0.15) is 11.0 Å². The number of fused-ring (bicyclic) bond motifs is 1. The lowest BCUT2D eigenvalue weighted by Gasteiger charge is -2.07. The van der Waals surface area contributed by atoms with Crippen LogP contribution in [0.15, 0.2) is 22.9 Å². The van der Waals surface area contributed by atoms with Crippen molar-refractivity contribution in [1.29, 1.82) is 0 Å². The molecule has 2 aromatic heterocycles. The molecule has 0 saturated carbocycles. The van der Waals surface area contributed by atoms with Gasteiger partial charge in [0.15, 0.2) is 0 Å². The minimum atomic E-state index is 0.969. The molecule has 0 aliphatic heterocycles. The number of aromatic nitrogens is 3. The SMILES string of the molecule is CC.Cc1c(-c2ccsc2)cc2nn(C)nc2c1C. The maximum absolute atomic E-state index is 4.40. The third-order valence-electron chi connectivity index (χ3n) is 3.17. The largest absolute Gasteiger partial charge is 0.187 e. The van der Waals surface area contributed by atoms with Crippen molar-refractivity contribution in [2.75, 3.05) is 0 Å². The van der Waals surface area contributed by atoms with E-state index in [1.54, 1.807) is 16.1 Å². The smallest absolute Gasteiger partial charge is 0.116 e. The Morgan fingerprint density at radius 3 is 2.47 bits per heavy atom. The van der Waals surface area contributed by atoms with Crippen molar-refractivity contribution >= 4 is 22.4 Å². The Labute approximate surface area is 117 Å². The van der Waals surface area contributed by atoms with Gasteiger partial charge in [0.2, 0.25) is 0 Å². The number of hydrogen-bond acceptors (Lipinski definition) is 3. The lowest BCUT2D eigenvalue weighted by atomic mass is 9.98. The van der Waals surface area contributed by atoms with Gasteiger partial charge in [-0.15, -0.1) is 0 Å². The van der Waals surface area contributed by atoms with Crippen LogP contribution in [0.2, 0.25) is 0 Å². The summed E-state index contributed by atoms with van der Waals surface area (Å²) in [5, 5.41) is 13.1. The third-order valence-corrected chi connectivity index (χ3v) is 3.86. The van der Waals surface area contributed by atoms with Crippen molar-refractivity contribution in [3.8, 4) is 11.1 Å². The summed E-state index contributed by atoms with van der Waals surface area (Å²) in [4.78, 5) is 1.63. The van der Waals surface area contributed by atoms with Gasteiger partial charge in [-0.3, -0.25) is 0 Å². The number of thiophene rings is 1. The van der Waals surface area contributed by atoms with Gasteiger partial charge in [-0.05, 0) is 59.0 Å². The van der Waals surface area contributed by atoms with Crippen molar-refractivity contribution in [2.45, 2.75) is 27.7 Å². The first-order valence-corrected chi connectivity index (χ1v) is 7.45. The summed E-state index contributed by atoms with van der Waals surface area (Å²) in [6.45, 7) is 8.26. The summed E-state index contributed by atoms with van der Waals surface area (Å²) < 4.78 is 0. The van der Waals surface area contributed by atoms with Crippen molar-refractivity contribution in [1.82, 2.24) is 15.0 Å². The molecule has 4 heteroatoms. The summed E-state index contributed by atoms with van der Waals surface area (Å²) in [5.74, 6) is 0. The zero-order valence-electron chi connectivity index (χ0n) is 12.1. The molecule has 100 valence electrons. The first-order valence-electron chi connectivity index (χ1n) is 6.50. The average molecular weight is 273 g/mol. The number of rotatable bonds is 1. The van der Waals surface area contributed by atoms with E-state index in [0.717, 1.165) is 11.0 Å². The van der Waals surface area contributed by atoms with Gasteiger partial charge < -0.3 is 0 Å². The van der Waals surface area contributed by atoms with E-state index in [9.17, 15) is 0 Å². The van der Waals surface area contributed by atoms with E-state index in [2.05, 4.69) is 46.9 Å². The van der Waals surface area contributed by atoms with Crippen LogP contribution >= 0.6 is 11.3 Å². The molecule has 3 rings (SSSR count). The predicted molar refractivity (Wildman–Crippen MR) is 82.6 cm³/mol. The lowest BCUT2D eigenvalue weighted by molar-refractivity contribution is 0.665. The van der Waals surface area contributed by atoms with Crippen LogP contribution in [0.25, 0.3) is 22.2 Å². The van der Waals surface area contributed by atoms with E-state index < -0.39 is 0 Å². The van der Waals surface area contributed by atoms with Crippen LogP contribution in [-0.2, 0) is 7.05 Å². The second-order valence-electron chi connectivity index (χ2n) is 4.24. The fourth-order valence-electron chi connectivity index (χ4n) is 2.13. The number of aryl methyl sites for hydroxylation is 2. The van der Waals surface area contributed by atoms with Crippen LogP contribution in [-0.4, -0.2) is 15.0 Å². The first-order chi connectivity index (χ1) is 9.16. The van der Waals surface area contributed by atoms with Gasteiger partial charge in [-0.25, -0.2) is 0 Å². The lowest BCUT2D eigenvalue weighted by Crippen LogP contribution is -1.91. The van der Waals surface area contributed by atoms with Gasteiger partial charge in [0, 0.05) is 7.05 Å². The van der Waals surface area contributed by atoms with Gasteiger partial charge in [0.25, 0.3) is 0 Å². The van der Waals surface area contributed by atoms with Crippen LogP contribution in [0.4, 0.5) is 0 Å². The second-order valence-corrected chi connectivity index (χ2v) is 5.02. The van der Waals surface area contributed by atoms with Crippen LogP contribution in [0.3, 0.4) is 0 Å². The number of nitrogens with zero attached hydrogens (tertiary/aromatic N) is 3. The van der Waals surface area contributed by atoms with E-state index in [1.165, 1.54) is 22.3 Å². The Bertz CT molecular complexity index is 681. The van der Waals surface area contributed by atoms with Crippen molar-refractivity contribution in [3.05, 3.63) is 34.0 Å². The molecular weight excluding hydrogens is 254 g/mol. The highest BCUT2D eigenvalue weighted by Gasteiger charge is 2.12. The molecule has 0 bridgehead atoms. The predicted octanol–water partition coefficient (Wildman–Crippen LogP) is 4.34. The molecule has 0 amide bonds. The Balaban J connectivity index is 0.000000637. The minimum Gasteiger partial charge on any atom is -0.187 e. The topological polar surface area (TPSA) is 30.7 Å². The maximum atomic E-state index is 4.40. The molecule has 0 fully saturated rings. The standard InChI is InChI=1S/C13H13N3S.C2H6/c1-8-9(2)13-12(14-16(3)15-13)6-11(8)10-4-5-17-7-10;1-2/h4-7H,1-3H3;1-2H3. The summed E-state index contributed by atoms with van der Waals surface area (Å²) >= 11 is 1.72. The summed E-state index contributed by atoms with van der Waals surface area (Å²) in [5.41, 5.74) is 7.01. The molecule has 3 nitrogen and oxygen atoms in total. The molecule has 19 heavy (non-hydrogen) atoms. The van der Waals surface area contributed by atoms with E-state index in [4.69, 9.17) is 0 Å². The van der Waals surface area contributed by atoms with Crippen molar-refractivity contribution in [2.24, 2.45) is 7.05 Å². The highest BCUT2D eigenvalue weighted by molar-refractivity contribution is 7.08. The van der Waals surface area contributed by atoms with Gasteiger partial charge >= 0.3 is 0 Å². The van der Waals surface area contributed by atoms with Gasteiger partial charge in [-0.2, -0.15) is 26.3 Å². The Hall–Kier alpha value is -1.68. The summed E-state index contributed by atoms with van der Waals surface area (Å²) in [7, 11) is 1.86. The molecule has 0 radical (unpaired) electrons. The number of hydrogen-bond donors (Lipinski definition) is 0. The summed E-state index contributed by atoms with van der Waals surface area (Å²) in [6.07, 6.45) is 0. The highest BCUT2D eigenvalue weighted by atomic mass is 32.1. The maximum Gasteiger partial charge on any atom is 0.116 e. The third kappa shape index (κ3) is 2.40. The van der Waals surface area contributed by atoms with Crippen molar-refractivity contribution < 1.29 is 0 Å². The van der Waals surface area contributed by atoms with E-state index >= 15 is 0 Å². The molecule has 1 aromatic carbocycles. The Morgan fingerprint density at radius 1 is 1.11 bits per heavy atom. The molecule has 0 atom stereocenters. The van der Waals surface area contributed by atoms with Crippen LogP contribution < -0.4 is 0 Å². The molecule has 0 spiro atoms. The normalized spacial score (nSPS) is 10.4. The molecule has 0 N–H and O–H groups in total. The van der Waals surface area contributed by atoms with E-state index in [0.29, 0.717) is 0 Å². The quantitative estimate of drug-likeness (QED) is 0.660. The van der Waals surface area contributed by atoms with Gasteiger partial charge in [-0.1, -0.05) is 13.8 Å². The van der Waals surface area contributed by atoms with Gasteiger partial charge in [0.05, 0.1) is 0 Å². The van der Waals surface area contributed by atoms with Crippen molar-refractivity contribution in [3.63, 3.8) is 0 Å². The second kappa shape index (κ2) is 5.53. The zero-order chi connectivity index (χ0) is 14.0. The van der Waals surface area contributed by atoms with E-state index in [1.807, 2.05) is 20.9 Å². The monoisotopic (exact) mass is 273 g/mol. The molecule has 2 heterocycles. The molecular formula is C15H19N3S. The highest BCUT2D eigenvalue weighted by Crippen LogP contribution is 2.31. The molecule has 3 aromatic rings. The van der Waals surface area contributed by atoms with E-state index in [-0.39, 0.29) is 0 Å². The molecule has 0 aliphatic rings. The fourth-order valence-corrected chi connectivity index (χ4v) is 2.78. The fraction of sp³-hybridized carbons (Fsp3) is 0.333. The minimum absolute atomic E-state index is 0.969. The van der Waals surface area contributed by atoms with Crippen LogP contribution in [0.1, 0.15) is 25.0 Å². The first kappa shape index (κ1) is 13.7. The molecule has 0 saturated heterocycles. The summed E-state index contributed by atoms with van der Waals surface area (Å²) in [6, 6.07) is 4.28. The number of benzene rings is 1. The Morgan fingerprint density at radius 2 is 1.84 bits per heavy atom. The van der Waals surface area contributed by atoms with Crippen LogP contribution in [0.5, 0.6) is 0 Å². The molecule has 0 aliphatic carbocycles. The zero-order valence-corrected chi connectivity index (χ0v) is 12.9. The molecule has 0 unspecified atom stereocenters. The van der Waals surface area contributed by atoms with Crippen LogP contribution in [0, 0.1) is 13.8 Å². The average Bonchev–Trinajstić information content (AvgIpc) is 3.05. The Kier molecular flexibility index (Phi) is 4.00.